The molecule has 0 N–H and O–H groups in total. The minimum atomic E-state index is -0.389. The summed E-state index contributed by atoms with van der Waals surface area (Å²) < 4.78 is 1.44. The van der Waals surface area contributed by atoms with E-state index >= 15 is 0 Å². The van der Waals surface area contributed by atoms with Crippen LogP contribution in [-0.4, -0.2) is 26.7 Å². The second-order valence-corrected chi connectivity index (χ2v) is 9.07. The molecule has 2 aromatic rings. The van der Waals surface area contributed by atoms with Crippen molar-refractivity contribution < 1.29 is 4.79 Å². The lowest BCUT2D eigenvalue weighted by atomic mass is 9.93. The summed E-state index contributed by atoms with van der Waals surface area (Å²) in [5, 5.41) is 6.71. The van der Waals surface area contributed by atoms with Gasteiger partial charge in [-0.25, -0.2) is 5.01 Å². The number of hydrogen-bond donors (Lipinski definition) is 0. The molecular weight excluding hydrogens is 409 g/mol. The van der Waals surface area contributed by atoms with Crippen LogP contribution in [0.1, 0.15) is 49.8 Å². The van der Waals surface area contributed by atoms with Crippen molar-refractivity contribution in [1.29, 1.82) is 0 Å². The van der Waals surface area contributed by atoms with E-state index in [1.807, 2.05) is 13.8 Å². The van der Waals surface area contributed by atoms with E-state index in [9.17, 15) is 9.59 Å². The Morgan fingerprint density at radius 3 is 2.45 bits per heavy atom. The summed E-state index contributed by atoms with van der Waals surface area (Å²) in [7, 11) is 0. The fourth-order valence-electron chi connectivity index (χ4n) is 3.71. The van der Waals surface area contributed by atoms with E-state index in [-0.39, 0.29) is 28.4 Å². The van der Waals surface area contributed by atoms with E-state index in [1.54, 1.807) is 5.01 Å². The first-order chi connectivity index (χ1) is 13.6. The molecule has 2 heterocycles. The Hall–Kier alpha value is -2.11. The highest BCUT2D eigenvalue weighted by Gasteiger charge is 2.38. The molecule has 1 aliphatic rings. The van der Waals surface area contributed by atoms with Crippen LogP contribution in [0.3, 0.4) is 0 Å². The molecule has 3 rings (SSSR count). The number of nitrogens with zero attached hydrogens (tertiary/aromatic N) is 3. The smallest absolute Gasteiger partial charge is 0.269 e. The molecule has 0 spiro atoms. The van der Waals surface area contributed by atoms with E-state index in [0.29, 0.717) is 24.4 Å². The zero-order valence-electron chi connectivity index (χ0n) is 17.1. The maximum absolute atomic E-state index is 12.9. The number of carbonyl (C=O) groups excluding carboxylic acids is 1. The molecule has 1 aliphatic heterocycles. The van der Waals surface area contributed by atoms with Gasteiger partial charge in [-0.1, -0.05) is 52.5 Å². The molecule has 0 saturated heterocycles. The van der Waals surface area contributed by atoms with Gasteiger partial charge in [0.05, 0.1) is 16.3 Å². The molecule has 0 atom stereocenters. The molecule has 0 saturated carbocycles. The number of rotatable bonds is 5. The van der Waals surface area contributed by atoms with Gasteiger partial charge in [0.25, 0.3) is 5.56 Å². The molecule has 5 nitrogen and oxygen atoms in total. The largest absolute Gasteiger partial charge is 0.313 e. The molecule has 0 aliphatic carbocycles. The third kappa shape index (κ3) is 4.90. The molecule has 0 bridgehead atoms. The first-order valence-corrected chi connectivity index (χ1v) is 10.4. The summed E-state index contributed by atoms with van der Waals surface area (Å²) in [5.74, 6) is -0.0597. The first kappa shape index (κ1) is 21.6. The minimum Gasteiger partial charge on any atom is -0.313 e. The second kappa shape index (κ2) is 8.33. The monoisotopic (exact) mass is 433 g/mol. The number of hydrogen-bond acceptors (Lipinski definition) is 3. The zero-order valence-corrected chi connectivity index (χ0v) is 18.6. The molecular formula is C22H25Cl2N3O2. The van der Waals surface area contributed by atoms with Crippen molar-refractivity contribution in [1.82, 2.24) is 9.58 Å². The third-order valence-electron chi connectivity index (χ3n) is 4.98. The van der Waals surface area contributed by atoms with Gasteiger partial charge in [0.2, 0.25) is 5.91 Å². The first-order valence-electron chi connectivity index (χ1n) is 9.61. The fraction of sp³-hybridized carbons (Fsp3) is 0.409. The van der Waals surface area contributed by atoms with Crippen LogP contribution in [-0.2, 0) is 11.3 Å². The maximum atomic E-state index is 12.9. The molecule has 0 radical (unpaired) electrons. The van der Waals surface area contributed by atoms with Gasteiger partial charge in [0.15, 0.2) is 0 Å². The highest BCUT2D eigenvalue weighted by molar-refractivity contribution is 6.34. The number of benzene rings is 1. The maximum Gasteiger partial charge on any atom is 0.269 e. The lowest BCUT2D eigenvalue weighted by Gasteiger charge is -2.28. The molecule has 0 fully saturated rings. The number of halogens is 2. The van der Waals surface area contributed by atoms with Crippen molar-refractivity contribution in [3.05, 3.63) is 67.6 Å². The highest BCUT2D eigenvalue weighted by atomic mass is 35.5. The van der Waals surface area contributed by atoms with Crippen LogP contribution >= 0.6 is 23.2 Å². The third-order valence-corrected chi connectivity index (χ3v) is 5.46. The van der Waals surface area contributed by atoms with Gasteiger partial charge < -0.3 is 4.57 Å². The van der Waals surface area contributed by atoms with Crippen LogP contribution in [0.25, 0.3) is 0 Å². The van der Waals surface area contributed by atoms with Gasteiger partial charge in [-0.05, 0) is 45.7 Å². The summed E-state index contributed by atoms with van der Waals surface area (Å²) >= 11 is 11.9. The lowest BCUT2D eigenvalue weighted by Crippen LogP contribution is -2.40. The average molecular weight is 434 g/mol. The molecule has 0 unspecified atom stereocenters. The number of aromatic nitrogens is 1. The summed E-state index contributed by atoms with van der Waals surface area (Å²) in [4.78, 5) is 24.9. The van der Waals surface area contributed by atoms with E-state index in [2.05, 4.69) is 37.1 Å². The molecule has 1 amide bonds. The van der Waals surface area contributed by atoms with Crippen molar-refractivity contribution in [2.45, 2.75) is 59.0 Å². The van der Waals surface area contributed by atoms with E-state index in [0.717, 1.165) is 11.3 Å². The van der Waals surface area contributed by atoms with Gasteiger partial charge >= 0.3 is 0 Å². The number of pyridine rings is 1. The SMILES string of the molecule is Cc1cc(C)cc(C2=NN(C(=O)CCCn3cc(Cl)cc(Cl)c3=O)C(C)(C)C2)c1. The Bertz CT molecular complexity index is 1020. The van der Waals surface area contributed by atoms with Crippen LogP contribution < -0.4 is 5.56 Å². The Balaban J connectivity index is 1.71. The Morgan fingerprint density at radius 1 is 1.14 bits per heavy atom. The summed E-state index contributed by atoms with van der Waals surface area (Å²) in [5.41, 5.74) is 3.64. The highest BCUT2D eigenvalue weighted by Crippen LogP contribution is 2.31. The van der Waals surface area contributed by atoms with E-state index in [4.69, 9.17) is 23.2 Å². The van der Waals surface area contributed by atoms with Crippen molar-refractivity contribution in [3.8, 4) is 0 Å². The number of aryl methyl sites for hydroxylation is 3. The average Bonchev–Trinajstić information content (AvgIpc) is 2.93. The predicted octanol–water partition coefficient (Wildman–Crippen LogP) is 4.97. The number of amides is 1. The summed E-state index contributed by atoms with van der Waals surface area (Å²) in [6, 6.07) is 7.75. The van der Waals surface area contributed by atoms with E-state index < -0.39 is 0 Å². The van der Waals surface area contributed by atoms with Gasteiger partial charge in [-0.3, -0.25) is 9.59 Å². The van der Waals surface area contributed by atoms with Crippen LogP contribution in [0, 0.1) is 13.8 Å². The van der Waals surface area contributed by atoms with Crippen LogP contribution in [0.4, 0.5) is 0 Å². The molecule has 7 heteroatoms. The quantitative estimate of drug-likeness (QED) is 0.668. The minimum absolute atomic E-state index is 0.0597. The van der Waals surface area contributed by atoms with Crippen molar-refractivity contribution in [2.24, 2.45) is 5.10 Å². The van der Waals surface area contributed by atoms with Crippen molar-refractivity contribution >= 4 is 34.8 Å². The van der Waals surface area contributed by atoms with Gasteiger partial charge in [0.1, 0.15) is 5.02 Å². The second-order valence-electron chi connectivity index (χ2n) is 8.23. The predicted molar refractivity (Wildman–Crippen MR) is 118 cm³/mol. The zero-order chi connectivity index (χ0) is 21.3. The fourth-order valence-corrected chi connectivity index (χ4v) is 4.22. The summed E-state index contributed by atoms with van der Waals surface area (Å²) in [6.07, 6.45) is 3.02. The van der Waals surface area contributed by atoms with Crippen LogP contribution in [0.2, 0.25) is 10.0 Å². The van der Waals surface area contributed by atoms with E-state index in [1.165, 1.54) is 28.0 Å². The van der Waals surface area contributed by atoms with Crippen molar-refractivity contribution in [3.63, 3.8) is 0 Å². The molecule has 1 aromatic heterocycles. The topological polar surface area (TPSA) is 54.7 Å². The Kier molecular flexibility index (Phi) is 6.20. The Morgan fingerprint density at radius 2 is 1.79 bits per heavy atom. The van der Waals surface area contributed by atoms with Crippen molar-refractivity contribution in [2.75, 3.05) is 0 Å². The number of carbonyl (C=O) groups is 1. The Labute approximate surface area is 180 Å². The molecule has 154 valence electrons. The standard InChI is InChI=1S/C22H25Cl2N3O2/c1-14-8-15(2)10-16(9-14)19-12-22(3,4)27(25-19)20(28)6-5-7-26-13-17(23)11-18(24)21(26)29/h8-11,13H,5-7,12H2,1-4H3. The normalized spacial score (nSPS) is 15.5. The van der Waals surface area contributed by atoms with Crippen LogP contribution in [0.5, 0.6) is 0 Å². The van der Waals surface area contributed by atoms with Gasteiger partial charge in [-0.15, -0.1) is 0 Å². The van der Waals surface area contributed by atoms with Crippen LogP contribution in [0.15, 0.2) is 40.4 Å². The molecule has 29 heavy (non-hydrogen) atoms. The summed E-state index contributed by atoms with van der Waals surface area (Å²) in [6.45, 7) is 8.53. The number of hydrazone groups is 1. The van der Waals surface area contributed by atoms with Gasteiger partial charge in [0, 0.05) is 25.6 Å². The lowest BCUT2D eigenvalue weighted by molar-refractivity contribution is -0.135. The van der Waals surface area contributed by atoms with Gasteiger partial charge in [-0.2, -0.15) is 5.10 Å². The molecule has 1 aromatic carbocycles.